The zero-order valence-corrected chi connectivity index (χ0v) is 13.1. The fourth-order valence-corrected chi connectivity index (χ4v) is 2.36. The topological polar surface area (TPSA) is 96.5 Å². The summed E-state index contributed by atoms with van der Waals surface area (Å²) in [5, 5.41) is 9.02. The highest BCUT2D eigenvalue weighted by Gasteiger charge is 2.16. The smallest absolute Gasteiger partial charge is 0.362 e. The lowest BCUT2D eigenvalue weighted by Gasteiger charge is -2.13. The predicted molar refractivity (Wildman–Crippen MR) is 91.2 cm³/mol. The number of carbonyl (C=O) groups is 1. The monoisotopic (exact) mass is 327 g/mol. The molecule has 0 saturated heterocycles. The summed E-state index contributed by atoms with van der Waals surface area (Å²) in [5.41, 5.74) is 0.461. The van der Waals surface area contributed by atoms with E-state index in [0.717, 1.165) is 5.39 Å². The quantitative estimate of drug-likeness (QED) is 0.626. The molecule has 3 rings (SSSR count). The first-order valence-electron chi connectivity index (χ1n) is 7.56. The van der Waals surface area contributed by atoms with Crippen molar-refractivity contribution < 1.29 is 13.6 Å². The lowest BCUT2D eigenvalue weighted by atomic mass is 10.2. The molecule has 2 amide bonds. The van der Waals surface area contributed by atoms with Gasteiger partial charge in [-0.15, -0.1) is 0 Å². The molecule has 3 aromatic rings. The Morgan fingerprint density at radius 3 is 2.71 bits per heavy atom. The van der Waals surface area contributed by atoms with Gasteiger partial charge in [-0.05, 0) is 31.2 Å². The zero-order valence-electron chi connectivity index (χ0n) is 13.1. The molecule has 0 aliphatic rings. The summed E-state index contributed by atoms with van der Waals surface area (Å²) in [6, 6.07) is 10.1. The Hall–Kier alpha value is -3.22. The molecule has 7 heteroatoms. The van der Waals surface area contributed by atoms with Crippen LogP contribution in [0.1, 0.15) is 12.7 Å². The Morgan fingerprint density at radius 2 is 1.96 bits per heavy atom. The van der Waals surface area contributed by atoms with Gasteiger partial charge in [0.15, 0.2) is 5.69 Å². The largest absolute Gasteiger partial charge is 0.467 e. The van der Waals surface area contributed by atoms with E-state index in [4.69, 9.17) is 8.83 Å². The van der Waals surface area contributed by atoms with Crippen molar-refractivity contribution in [2.75, 3.05) is 17.2 Å². The summed E-state index contributed by atoms with van der Waals surface area (Å²) < 4.78 is 10.4. The summed E-state index contributed by atoms with van der Waals surface area (Å²) in [7, 11) is 0. The van der Waals surface area contributed by atoms with E-state index < -0.39 is 11.7 Å². The highest BCUT2D eigenvalue weighted by Crippen LogP contribution is 2.28. The molecule has 0 atom stereocenters. The maximum Gasteiger partial charge on any atom is 0.362 e. The third-order valence-electron chi connectivity index (χ3n) is 3.41. The van der Waals surface area contributed by atoms with Crippen molar-refractivity contribution in [2.45, 2.75) is 13.5 Å². The van der Waals surface area contributed by atoms with Crippen LogP contribution in [0.4, 0.5) is 16.2 Å². The van der Waals surface area contributed by atoms with Gasteiger partial charge in [0.25, 0.3) is 0 Å². The number of para-hydroxylation sites is 1. The molecule has 0 bridgehead atoms. The molecule has 0 unspecified atom stereocenters. The zero-order chi connectivity index (χ0) is 16.9. The Morgan fingerprint density at radius 1 is 1.12 bits per heavy atom. The molecule has 0 spiro atoms. The number of carbonyl (C=O) groups excluding carboxylic acids is 1. The molecule has 24 heavy (non-hydrogen) atoms. The number of hydrogen-bond donors (Lipinski definition) is 3. The minimum atomic E-state index is -0.613. The van der Waals surface area contributed by atoms with Crippen molar-refractivity contribution >= 4 is 28.4 Å². The summed E-state index contributed by atoms with van der Waals surface area (Å²) in [6.07, 6.45) is 1.52. The third-order valence-corrected chi connectivity index (χ3v) is 3.41. The normalized spacial score (nSPS) is 10.5. The van der Waals surface area contributed by atoms with Crippen LogP contribution in [0.25, 0.3) is 11.0 Å². The number of nitrogens with one attached hydrogen (secondary N) is 3. The second-order valence-corrected chi connectivity index (χ2v) is 5.05. The highest BCUT2D eigenvalue weighted by atomic mass is 16.4. The van der Waals surface area contributed by atoms with E-state index in [1.807, 2.05) is 19.1 Å². The molecule has 2 aromatic heterocycles. The van der Waals surface area contributed by atoms with Gasteiger partial charge in [0, 0.05) is 11.9 Å². The standard InChI is InChI=1S/C17H17N3O4/c1-2-18-14-12-7-3-4-8-13(12)24-16(21)15(14)20-17(22)19-10-11-6-5-9-23-11/h3-9,18H,2,10H2,1H3,(H2,19,20,22). The second-order valence-electron chi connectivity index (χ2n) is 5.05. The molecule has 2 heterocycles. The molecule has 0 aliphatic carbocycles. The number of furan rings is 1. The molecule has 124 valence electrons. The number of amides is 2. The van der Waals surface area contributed by atoms with Crippen LogP contribution < -0.4 is 21.6 Å². The Labute approximate surface area is 137 Å². The number of rotatable bonds is 5. The average Bonchev–Trinajstić information content (AvgIpc) is 3.09. The minimum Gasteiger partial charge on any atom is -0.467 e. The maximum atomic E-state index is 12.2. The first kappa shape index (κ1) is 15.7. The fourth-order valence-electron chi connectivity index (χ4n) is 2.36. The van der Waals surface area contributed by atoms with Gasteiger partial charge in [-0.3, -0.25) is 5.32 Å². The molecule has 7 nitrogen and oxygen atoms in total. The van der Waals surface area contributed by atoms with Crippen LogP contribution in [-0.2, 0) is 6.54 Å². The number of anilines is 2. The van der Waals surface area contributed by atoms with Gasteiger partial charge in [0.05, 0.1) is 18.5 Å². The molecule has 0 radical (unpaired) electrons. The molecule has 1 aromatic carbocycles. The van der Waals surface area contributed by atoms with Crippen molar-refractivity contribution in [3.63, 3.8) is 0 Å². The van der Waals surface area contributed by atoms with E-state index in [0.29, 0.717) is 23.6 Å². The fraction of sp³-hybridized carbons (Fsp3) is 0.176. The SMILES string of the molecule is CCNc1c(NC(=O)NCc2ccco2)c(=O)oc2ccccc12. The van der Waals surface area contributed by atoms with Gasteiger partial charge < -0.3 is 19.5 Å². The van der Waals surface area contributed by atoms with Crippen molar-refractivity contribution in [3.05, 3.63) is 58.8 Å². The van der Waals surface area contributed by atoms with E-state index in [2.05, 4.69) is 16.0 Å². The first-order chi connectivity index (χ1) is 11.7. The summed E-state index contributed by atoms with van der Waals surface area (Å²) >= 11 is 0. The van der Waals surface area contributed by atoms with Gasteiger partial charge >= 0.3 is 11.7 Å². The van der Waals surface area contributed by atoms with Gasteiger partial charge in [-0.2, -0.15) is 0 Å². The summed E-state index contributed by atoms with van der Waals surface area (Å²) in [4.78, 5) is 24.3. The van der Waals surface area contributed by atoms with Crippen LogP contribution in [0.3, 0.4) is 0 Å². The van der Waals surface area contributed by atoms with Crippen molar-refractivity contribution in [2.24, 2.45) is 0 Å². The molecule has 0 aliphatic heterocycles. The molecule has 0 fully saturated rings. The van der Waals surface area contributed by atoms with E-state index in [9.17, 15) is 9.59 Å². The van der Waals surface area contributed by atoms with E-state index in [1.165, 1.54) is 6.26 Å². The molecule has 3 N–H and O–H groups in total. The van der Waals surface area contributed by atoms with Crippen LogP contribution in [0.15, 0.2) is 56.3 Å². The Balaban J connectivity index is 1.87. The highest BCUT2D eigenvalue weighted by molar-refractivity contribution is 6.01. The predicted octanol–water partition coefficient (Wildman–Crippen LogP) is 3.14. The van der Waals surface area contributed by atoms with Crippen LogP contribution in [0.2, 0.25) is 0 Å². The van der Waals surface area contributed by atoms with Crippen LogP contribution in [0, 0.1) is 0 Å². The summed E-state index contributed by atoms with van der Waals surface area (Å²) in [6.45, 7) is 2.72. The molecular formula is C17H17N3O4. The van der Waals surface area contributed by atoms with Crippen LogP contribution >= 0.6 is 0 Å². The van der Waals surface area contributed by atoms with Gasteiger partial charge in [0.2, 0.25) is 0 Å². The lowest BCUT2D eigenvalue weighted by Crippen LogP contribution is -2.30. The van der Waals surface area contributed by atoms with Crippen LogP contribution in [0.5, 0.6) is 0 Å². The Kier molecular flexibility index (Phi) is 4.51. The van der Waals surface area contributed by atoms with E-state index in [-0.39, 0.29) is 12.2 Å². The maximum absolute atomic E-state index is 12.2. The van der Waals surface area contributed by atoms with Crippen LogP contribution in [-0.4, -0.2) is 12.6 Å². The van der Waals surface area contributed by atoms with E-state index >= 15 is 0 Å². The van der Waals surface area contributed by atoms with Crippen molar-refractivity contribution in [1.29, 1.82) is 0 Å². The number of hydrogen-bond acceptors (Lipinski definition) is 5. The number of urea groups is 1. The van der Waals surface area contributed by atoms with E-state index in [1.54, 1.807) is 24.3 Å². The molecular weight excluding hydrogens is 310 g/mol. The summed E-state index contributed by atoms with van der Waals surface area (Å²) in [5.74, 6) is 0.614. The van der Waals surface area contributed by atoms with Gasteiger partial charge in [-0.1, -0.05) is 12.1 Å². The lowest BCUT2D eigenvalue weighted by molar-refractivity contribution is 0.250. The van der Waals surface area contributed by atoms with Crippen molar-refractivity contribution in [3.8, 4) is 0 Å². The van der Waals surface area contributed by atoms with Gasteiger partial charge in [0.1, 0.15) is 11.3 Å². The minimum absolute atomic E-state index is 0.0764. The first-order valence-corrected chi connectivity index (χ1v) is 7.56. The van der Waals surface area contributed by atoms with Gasteiger partial charge in [-0.25, -0.2) is 9.59 Å². The Bertz CT molecular complexity index is 900. The number of fused-ring (bicyclic) bond motifs is 1. The van der Waals surface area contributed by atoms with Crippen molar-refractivity contribution in [1.82, 2.24) is 5.32 Å². The third kappa shape index (κ3) is 3.24. The number of benzene rings is 1. The second kappa shape index (κ2) is 6.91. The average molecular weight is 327 g/mol. The molecule has 0 saturated carbocycles.